The van der Waals surface area contributed by atoms with Gasteiger partial charge in [-0.2, -0.15) is 0 Å². The van der Waals surface area contributed by atoms with Gasteiger partial charge in [0.2, 0.25) is 0 Å². The van der Waals surface area contributed by atoms with E-state index in [1.807, 2.05) is 0 Å². The Bertz CT molecular complexity index is 528. The number of carbonyl (C=O) groups is 2. The molecule has 0 spiro atoms. The molecule has 0 saturated heterocycles. The average molecular weight is 203 g/mol. The Hall–Kier alpha value is -2.10. The van der Waals surface area contributed by atoms with E-state index in [2.05, 4.69) is 9.72 Å². The molecular weight excluding hydrogens is 194 g/mol. The van der Waals surface area contributed by atoms with Crippen LogP contribution in [-0.2, 0) is 4.74 Å². The van der Waals surface area contributed by atoms with Crippen molar-refractivity contribution in [3.63, 3.8) is 0 Å². The smallest absolute Gasteiger partial charge is 0.354 e. The number of aromatic amines is 1. The third-order valence-electron chi connectivity index (χ3n) is 2.19. The number of methoxy groups -OCH3 is 1. The van der Waals surface area contributed by atoms with Crippen molar-refractivity contribution in [1.82, 2.24) is 4.98 Å². The molecule has 0 saturated carbocycles. The average Bonchev–Trinajstić information content (AvgIpc) is 2.70. The summed E-state index contributed by atoms with van der Waals surface area (Å²) in [6, 6.07) is 6.82. The monoisotopic (exact) mass is 203 g/mol. The highest BCUT2D eigenvalue weighted by atomic mass is 16.5. The molecule has 4 heteroatoms. The van der Waals surface area contributed by atoms with Crippen LogP contribution in [0.3, 0.4) is 0 Å². The van der Waals surface area contributed by atoms with Crippen molar-refractivity contribution in [1.29, 1.82) is 0 Å². The number of aromatic nitrogens is 1. The number of ether oxygens (including phenoxy) is 1. The van der Waals surface area contributed by atoms with E-state index in [1.165, 1.54) is 7.11 Å². The third-order valence-corrected chi connectivity index (χ3v) is 2.19. The van der Waals surface area contributed by atoms with Crippen LogP contribution in [0.25, 0.3) is 10.9 Å². The van der Waals surface area contributed by atoms with Crippen LogP contribution in [0.15, 0.2) is 24.3 Å². The Morgan fingerprint density at radius 3 is 2.87 bits per heavy atom. The summed E-state index contributed by atoms with van der Waals surface area (Å²) < 4.78 is 4.58. The molecule has 0 aliphatic heterocycles. The van der Waals surface area contributed by atoms with Crippen LogP contribution in [0.1, 0.15) is 20.8 Å². The van der Waals surface area contributed by atoms with Crippen molar-refractivity contribution in [3.05, 3.63) is 35.5 Å². The minimum atomic E-state index is -0.418. The molecule has 0 aliphatic rings. The molecular formula is C11H9NO3. The Balaban J connectivity index is 2.55. The number of H-pyrrole nitrogens is 1. The lowest BCUT2D eigenvalue weighted by atomic mass is 10.2. The maximum atomic E-state index is 11.2. The van der Waals surface area contributed by atoms with E-state index in [4.69, 9.17) is 0 Å². The van der Waals surface area contributed by atoms with E-state index in [-0.39, 0.29) is 0 Å². The van der Waals surface area contributed by atoms with Gasteiger partial charge in [0.1, 0.15) is 12.0 Å². The fraction of sp³-hybridized carbons (Fsp3) is 0.0909. The van der Waals surface area contributed by atoms with Gasteiger partial charge >= 0.3 is 5.97 Å². The first-order valence-electron chi connectivity index (χ1n) is 4.41. The maximum absolute atomic E-state index is 11.2. The summed E-state index contributed by atoms with van der Waals surface area (Å²) in [6.07, 6.45) is 0.768. The summed E-state index contributed by atoms with van der Waals surface area (Å²) in [7, 11) is 1.32. The van der Waals surface area contributed by atoms with Gasteiger partial charge in [-0.05, 0) is 24.3 Å². The minimum Gasteiger partial charge on any atom is -0.464 e. The van der Waals surface area contributed by atoms with Crippen molar-refractivity contribution in [2.75, 3.05) is 7.11 Å². The number of hydrogen-bond acceptors (Lipinski definition) is 3. The van der Waals surface area contributed by atoms with E-state index in [9.17, 15) is 9.59 Å². The van der Waals surface area contributed by atoms with Crippen molar-refractivity contribution in [2.24, 2.45) is 0 Å². The highest BCUT2D eigenvalue weighted by molar-refractivity contribution is 5.96. The van der Waals surface area contributed by atoms with Gasteiger partial charge in [0.05, 0.1) is 7.11 Å². The van der Waals surface area contributed by atoms with Crippen LogP contribution in [0, 0.1) is 0 Å². The van der Waals surface area contributed by atoms with Crippen LogP contribution in [-0.4, -0.2) is 24.3 Å². The largest absolute Gasteiger partial charge is 0.464 e. The lowest BCUT2D eigenvalue weighted by molar-refractivity contribution is 0.0595. The van der Waals surface area contributed by atoms with Crippen LogP contribution in [0.2, 0.25) is 0 Å². The van der Waals surface area contributed by atoms with Crippen molar-refractivity contribution >= 4 is 23.2 Å². The molecule has 4 nitrogen and oxygen atoms in total. The molecule has 1 heterocycles. The number of hydrogen-bond donors (Lipinski definition) is 1. The van der Waals surface area contributed by atoms with Crippen molar-refractivity contribution in [2.45, 2.75) is 0 Å². The number of carbonyl (C=O) groups excluding carboxylic acids is 2. The minimum absolute atomic E-state index is 0.385. The first-order valence-corrected chi connectivity index (χ1v) is 4.41. The number of fused-ring (bicyclic) bond motifs is 1. The van der Waals surface area contributed by atoms with Crippen molar-refractivity contribution in [3.8, 4) is 0 Å². The lowest BCUT2D eigenvalue weighted by Gasteiger charge is -1.92. The molecule has 76 valence electrons. The summed E-state index contributed by atoms with van der Waals surface area (Å²) in [5, 5.41) is 0.819. The van der Waals surface area contributed by atoms with Gasteiger partial charge in [0.15, 0.2) is 0 Å². The fourth-order valence-electron chi connectivity index (χ4n) is 1.44. The molecule has 1 aromatic carbocycles. The molecule has 1 aromatic heterocycles. The molecule has 1 N–H and O–H groups in total. The zero-order valence-corrected chi connectivity index (χ0v) is 8.11. The second-order valence-corrected chi connectivity index (χ2v) is 3.14. The van der Waals surface area contributed by atoms with Gasteiger partial charge in [-0.1, -0.05) is 0 Å². The van der Waals surface area contributed by atoms with Crippen molar-refractivity contribution < 1.29 is 14.3 Å². The third kappa shape index (κ3) is 1.61. The van der Waals surface area contributed by atoms with Gasteiger partial charge in [0.25, 0.3) is 0 Å². The number of nitrogens with one attached hydrogen (secondary N) is 1. The molecule has 0 bridgehead atoms. The second-order valence-electron chi connectivity index (χ2n) is 3.14. The predicted molar refractivity (Wildman–Crippen MR) is 55.0 cm³/mol. The SMILES string of the molecule is COC(=O)c1cc2cc(C=O)ccc2[nH]1. The normalized spacial score (nSPS) is 10.2. The highest BCUT2D eigenvalue weighted by Crippen LogP contribution is 2.16. The molecule has 2 rings (SSSR count). The van der Waals surface area contributed by atoms with E-state index < -0.39 is 5.97 Å². The molecule has 0 radical (unpaired) electrons. The Kier molecular flexibility index (Phi) is 2.25. The van der Waals surface area contributed by atoms with E-state index in [0.29, 0.717) is 11.3 Å². The molecule has 0 amide bonds. The predicted octanol–water partition coefficient (Wildman–Crippen LogP) is 1.77. The molecule has 0 aliphatic carbocycles. The topological polar surface area (TPSA) is 59.2 Å². The van der Waals surface area contributed by atoms with Crippen LogP contribution < -0.4 is 0 Å². The van der Waals surface area contributed by atoms with E-state index in [1.54, 1.807) is 24.3 Å². The highest BCUT2D eigenvalue weighted by Gasteiger charge is 2.09. The summed E-state index contributed by atoms with van der Waals surface area (Å²) >= 11 is 0. The van der Waals surface area contributed by atoms with Crippen LogP contribution in [0.4, 0.5) is 0 Å². The number of rotatable bonds is 2. The van der Waals surface area contributed by atoms with Crippen LogP contribution >= 0.6 is 0 Å². The molecule has 0 fully saturated rings. The number of benzene rings is 1. The van der Waals surface area contributed by atoms with E-state index >= 15 is 0 Å². The second kappa shape index (κ2) is 3.57. The number of esters is 1. The standard InChI is InChI=1S/C11H9NO3/c1-15-11(14)10-5-8-4-7(6-13)2-3-9(8)12-10/h2-6,12H,1H3. The Morgan fingerprint density at radius 2 is 2.20 bits per heavy atom. The summed E-state index contributed by atoms with van der Waals surface area (Å²) in [4.78, 5) is 24.7. The first kappa shape index (κ1) is 9.45. The Morgan fingerprint density at radius 1 is 1.40 bits per heavy atom. The zero-order valence-electron chi connectivity index (χ0n) is 8.11. The zero-order chi connectivity index (χ0) is 10.8. The Labute approximate surface area is 85.9 Å². The molecule has 0 unspecified atom stereocenters. The van der Waals surface area contributed by atoms with Gasteiger partial charge in [-0.15, -0.1) is 0 Å². The van der Waals surface area contributed by atoms with Gasteiger partial charge in [0, 0.05) is 16.5 Å². The van der Waals surface area contributed by atoms with Gasteiger partial charge in [-0.25, -0.2) is 4.79 Å². The number of aldehydes is 1. The summed E-state index contributed by atoms with van der Waals surface area (Å²) in [6.45, 7) is 0. The van der Waals surface area contributed by atoms with Crippen LogP contribution in [0.5, 0.6) is 0 Å². The quantitative estimate of drug-likeness (QED) is 0.597. The van der Waals surface area contributed by atoms with Gasteiger partial charge < -0.3 is 9.72 Å². The summed E-state index contributed by atoms with van der Waals surface area (Å²) in [5.41, 5.74) is 1.77. The molecule has 0 atom stereocenters. The lowest BCUT2D eigenvalue weighted by Crippen LogP contribution is -2.00. The fourth-order valence-corrected chi connectivity index (χ4v) is 1.44. The van der Waals surface area contributed by atoms with E-state index in [0.717, 1.165) is 17.2 Å². The molecule has 2 aromatic rings. The van der Waals surface area contributed by atoms with Gasteiger partial charge in [-0.3, -0.25) is 4.79 Å². The first-order chi connectivity index (χ1) is 7.24. The summed E-state index contributed by atoms with van der Waals surface area (Å²) in [5.74, 6) is -0.418. The maximum Gasteiger partial charge on any atom is 0.354 e. The molecule has 15 heavy (non-hydrogen) atoms.